The second kappa shape index (κ2) is 49.5. The second-order valence-electron chi connectivity index (χ2n) is 17.8. The molecule has 0 aliphatic carbocycles. The van der Waals surface area contributed by atoms with Gasteiger partial charge in [0.25, 0.3) is 0 Å². The van der Waals surface area contributed by atoms with E-state index >= 15 is 0 Å². The molecule has 0 fully saturated rings. The monoisotopic (exact) mass is 845 g/mol. The summed E-state index contributed by atoms with van der Waals surface area (Å²) in [4.78, 5) is 37.9. The Hall–Kier alpha value is -2.11. The van der Waals surface area contributed by atoms with Gasteiger partial charge in [-0.05, 0) is 64.2 Å². The van der Waals surface area contributed by atoms with Crippen molar-refractivity contribution in [2.75, 3.05) is 13.2 Å². The van der Waals surface area contributed by atoms with Crippen molar-refractivity contribution in [2.24, 2.45) is 0 Å². The topological polar surface area (TPSA) is 78.9 Å². The van der Waals surface area contributed by atoms with Gasteiger partial charge in [0.2, 0.25) is 0 Å². The number of allylic oxidation sites excluding steroid dienone is 4. The Bertz CT molecular complexity index is 973. The summed E-state index contributed by atoms with van der Waals surface area (Å²) in [5.41, 5.74) is 0. The first-order valence-electron chi connectivity index (χ1n) is 26.3. The molecule has 0 aromatic rings. The van der Waals surface area contributed by atoms with Crippen LogP contribution in [0.5, 0.6) is 0 Å². The van der Waals surface area contributed by atoms with Crippen molar-refractivity contribution >= 4 is 17.9 Å². The molecular formula is C54H100O6. The van der Waals surface area contributed by atoms with E-state index in [0.29, 0.717) is 19.3 Å². The smallest absolute Gasteiger partial charge is 0.306 e. The molecule has 60 heavy (non-hydrogen) atoms. The molecule has 0 saturated heterocycles. The van der Waals surface area contributed by atoms with Gasteiger partial charge in [-0.25, -0.2) is 0 Å². The van der Waals surface area contributed by atoms with Gasteiger partial charge in [0.05, 0.1) is 0 Å². The SMILES string of the molecule is CCC/C=C\CCCCCCCC(=O)OCC(COC(=O)CCCCCCCCCCCCCCCCCCC)OC(=O)CCCCCCC/C=C\CCCCCCCC. The molecular weight excluding hydrogens is 745 g/mol. The first kappa shape index (κ1) is 57.9. The summed E-state index contributed by atoms with van der Waals surface area (Å²) in [5, 5.41) is 0. The van der Waals surface area contributed by atoms with Crippen LogP contribution in [-0.2, 0) is 28.6 Å². The third kappa shape index (κ3) is 46.9. The molecule has 0 N–H and O–H groups in total. The zero-order chi connectivity index (χ0) is 43.7. The molecule has 0 amide bonds. The predicted molar refractivity (Wildman–Crippen MR) is 256 cm³/mol. The van der Waals surface area contributed by atoms with E-state index in [0.717, 1.165) is 77.0 Å². The number of unbranched alkanes of at least 4 members (excludes halogenated alkanes) is 33. The van der Waals surface area contributed by atoms with Crippen molar-refractivity contribution < 1.29 is 28.6 Å². The lowest BCUT2D eigenvalue weighted by molar-refractivity contribution is -0.167. The minimum absolute atomic E-state index is 0.0735. The minimum Gasteiger partial charge on any atom is -0.462 e. The summed E-state index contributed by atoms with van der Waals surface area (Å²) in [7, 11) is 0. The summed E-state index contributed by atoms with van der Waals surface area (Å²) in [6.07, 6.45) is 55.9. The van der Waals surface area contributed by atoms with Crippen molar-refractivity contribution in [2.45, 2.75) is 290 Å². The Labute approximate surface area is 373 Å². The van der Waals surface area contributed by atoms with Crippen LogP contribution in [0.15, 0.2) is 24.3 Å². The average Bonchev–Trinajstić information content (AvgIpc) is 3.24. The van der Waals surface area contributed by atoms with E-state index in [1.807, 2.05) is 0 Å². The highest BCUT2D eigenvalue weighted by atomic mass is 16.6. The van der Waals surface area contributed by atoms with E-state index in [9.17, 15) is 14.4 Å². The maximum atomic E-state index is 12.8. The van der Waals surface area contributed by atoms with E-state index in [1.165, 1.54) is 167 Å². The highest BCUT2D eigenvalue weighted by Gasteiger charge is 2.19. The van der Waals surface area contributed by atoms with Crippen molar-refractivity contribution in [3.05, 3.63) is 24.3 Å². The maximum Gasteiger partial charge on any atom is 0.306 e. The lowest BCUT2D eigenvalue weighted by Crippen LogP contribution is -2.30. The molecule has 1 unspecified atom stereocenters. The van der Waals surface area contributed by atoms with Gasteiger partial charge in [-0.3, -0.25) is 14.4 Å². The third-order valence-electron chi connectivity index (χ3n) is 11.7. The van der Waals surface area contributed by atoms with Crippen LogP contribution in [0.1, 0.15) is 284 Å². The number of carbonyl (C=O) groups excluding carboxylic acids is 3. The van der Waals surface area contributed by atoms with Gasteiger partial charge < -0.3 is 14.2 Å². The van der Waals surface area contributed by atoms with E-state index in [-0.39, 0.29) is 31.1 Å². The number of ether oxygens (including phenoxy) is 3. The van der Waals surface area contributed by atoms with Crippen molar-refractivity contribution in [1.82, 2.24) is 0 Å². The molecule has 0 spiro atoms. The molecule has 0 radical (unpaired) electrons. The van der Waals surface area contributed by atoms with Crippen LogP contribution >= 0.6 is 0 Å². The Balaban J connectivity index is 4.30. The molecule has 352 valence electrons. The fourth-order valence-electron chi connectivity index (χ4n) is 7.68. The van der Waals surface area contributed by atoms with Crippen LogP contribution in [-0.4, -0.2) is 37.2 Å². The molecule has 1 atom stereocenters. The molecule has 0 aromatic heterocycles. The quantitative estimate of drug-likeness (QED) is 0.0263. The number of hydrogen-bond acceptors (Lipinski definition) is 6. The van der Waals surface area contributed by atoms with E-state index in [2.05, 4.69) is 45.1 Å². The lowest BCUT2D eigenvalue weighted by atomic mass is 10.0. The predicted octanol–water partition coefficient (Wildman–Crippen LogP) is 17.2. The summed E-state index contributed by atoms with van der Waals surface area (Å²) in [6.45, 7) is 6.59. The Morgan fingerprint density at radius 3 is 0.900 bits per heavy atom. The van der Waals surface area contributed by atoms with Crippen LogP contribution in [0.4, 0.5) is 0 Å². The van der Waals surface area contributed by atoms with Crippen LogP contribution < -0.4 is 0 Å². The normalized spacial score (nSPS) is 12.1. The van der Waals surface area contributed by atoms with Crippen LogP contribution in [0.3, 0.4) is 0 Å². The van der Waals surface area contributed by atoms with E-state index < -0.39 is 6.10 Å². The Morgan fingerprint density at radius 2 is 0.583 bits per heavy atom. The standard InChI is InChI=1S/C54H100O6/c1-4-7-10-13-16-19-22-24-26-27-29-30-32-35-38-41-44-47-53(56)59-50-51(49-58-52(55)46-43-40-37-34-21-18-15-12-9-6-3)60-54(57)48-45-42-39-36-33-31-28-25-23-20-17-14-11-8-5-2/h12,15,25,28,51H,4-11,13-14,16-24,26-27,29-50H2,1-3H3/b15-12-,28-25-. The van der Waals surface area contributed by atoms with Crippen molar-refractivity contribution in [3.63, 3.8) is 0 Å². The fraction of sp³-hybridized carbons (Fsp3) is 0.870. The van der Waals surface area contributed by atoms with Gasteiger partial charge in [0.1, 0.15) is 13.2 Å². The van der Waals surface area contributed by atoms with Crippen LogP contribution in [0.2, 0.25) is 0 Å². The first-order chi connectivity index (χ1) is 29.5. The number of carbonyl (C=O) groups is 3. The maximum absolute atomic E-state index is 12.8. The molecule has 0 aliphatic heterocycles. The molecule has 0 aliphatic rings. The second-order valence-corrected chi connectivity index (χ2v) is 17.8. The molecule has 0 rings (SSSR count). The zero-order valence-corrected chi connectivity index (χ0v) is 40.2. The summed E-state index contributed by atoms with van der Waals surface area (Å²) >= 11 is 0. The molecule has 0 saturated carbocycles. The van der Waals surface area contributed by atoms with Gasteiger partial charge in [-0.15, -0.1) is 0 Å². The average molecular weight is 845 g/mol. The third-order valence-corrected chi connectivity index (χ3v) is 11.7. The Morgan fingerprint density at radius 1 is 0.317 bits per heavy atom. The number of esters is 3. The zero-order valence-electron chi connectivity index (χ0n) is 40.2. The highest BCUT2D eigenvalue weighted by molar-refractivity contribution is 5.71. The van der Waals surface area contributed by atoms with Crippen LogP contribution in [0.25, 0.3) is 0 Å². The number of hydrogen-bond donors (Lipinski definition) is 0. The van der Waals surface area contributed by atoms with Gasteiger partial charge in [0, 0.05) is 19.3 Å². The van der Waals surface area contributed by atoms with Gasteiger partial charge in [-0.2, -0.15) is 0 Å². The van der Waals surface area contributed by atoms with Gasteiger partial charge in [0.15, 0.2) is 6.10 Å². The largest absolute Gasteiger partial charge is 0.462 e. The molecule has 6 nitrogen and oxygen atoms in total. The molecule has 0 aromatic carbocycles. The van der Waals surface area contributed by atoms with Crippen molar-refractivity contribution in [3.8, 4) is 0 Å². The fourth-order valence-corrected chi connectivity index (χ4v) is 7.68. The molecule has 6 heteroatoms. The van der Waals surface area contributed by atoms with E-state index in [1.54, 1.807) is 0 Å². The van der Waals surface area contributed by atoms with E-state index in [4.69, 9.17) is 14.2 Å². The Kier molecular flexibility index (Phi) is 47.8. The highest BCUT2D eigenvalue weighted by Crippen LogP contribution is 2.16. The van der Waals surface area contributed by atoms with Gasteiger partial charge >= 0.3 is 17.9 Å². The molecule has 0 bridgehead atoms. The summed E-state index contributed by atoms with van der Waals surface area (Å²) in [5.74, 6) is -0.880. The van der Waals surface area contributed by atoms with Crippen LogP contribution in [0, 0.1) is 0 Å². The minimum atomic E-state index is -0.773. The van der Waals surface area contributed by atoms with Crippen molar-refractivity contribution in [1.29, 1.82) is 0 Å². The number of rotatable bonds is 48. The lowest BCUT2D eigenvalue weighted by Gasteiger charge is -2.18. The summed E-state index contributed by atoms with van der Waals surface area (Å²) in [6, 6.07) is 0. The van der Waals surface area contributed by atoms with Gasteiger partial charge in [-0.1, -0.05) is 225 Å². The molecule has 0 heterocycles. The first-order valence-corrected chi connectivity index (χ1v) is 26.3. The summed E-state index contributed by atoms with van der Waals surface area (Å²) < 4.78 is 16.8.